The highest BCUT2D eigenvalue weighted by molar-refractivity contribution is 9.10. The lowest BCUT2D eigenvalue weighted by Crippen LogP contribution is -2.27. The highest BCUT2D eigenvalue weighted by Gasteiger charge is 2.18. The molecular formula is C13H13BrN4O. The zero-order valence-corrected chi connectivity index (χ0v) is 11.8. The quantitative estimate of drug-likeness (QED) is 0.872. The van der Waals surface area contributed by atoms with E-state index in [2.05, 4.69) is 36.9 Å². The van der Waals surface area contributed by atoms with E-state index in [4.69, 9.17) is 10.5 Å². The van der Waals surface area contributed by atoms with Crippen LogP contribution in [0, 0.1) is 0 Å². The lowest BCUT2D eigenvalue weighted by molar-refractivity contribution is 0.331. The maximum atomic E-state index is 5.74. The second-order valence-corrected chi connectivity index (χ2v) is 5.13. The topological polar surface area (TPSA) is 64.3 Å². The van der Waals surface area contributed by atoms with Crippen molar-refractivity contribution in [2.45, 2.75) is 6.54 Å². The van der Waals surface area contributed by atoms with Crippen molar-refractivity contribution >= 4 is 27.7 Å². The number of nitrogens with zero attached hydrogens (tertiary/aromatic N) is 3. The molecule has 0 aliphatic carbocycles. The van der Waals surface area contributed by atoms with E-state index < -0.39 is 0 Å². The molecule has 2 N–H and O–H groups in total. The van der Waals surface area contributed by atoms with Crippen LogP contribution in [0.15, 0.2) is 34.9 Å². The number of hydrogen-bond acceptors (Lipinski definition) is 5. The molecule has 19 heavy (non-hydrogen) atoms. The van der Waals surface area contributed by atoms with Crippen molar-refractivity contribution in [1.82, 2.24) is 9.97 Å². The summed E-state index contributed by atoms with van der Waals surface area (Å²) in [5.41, 5.74) is 6.81. The molecule has 2 heterocycles. The van der Waals surface area contributed by atoms with Crippen LogP contribution in [-0.4, -0.2) is 23.1 Å². The number of anilines is 2. The number of halogens is 1. The van der Waals surface area contributed by atoms with E-state index in [9.17, 15) is 0 Å². The Kier molecular flexibility index (Phi) is 3.25. The van der Waals surface area contributed by atoms with E-state index in [1.54, 1.807) is 6.20 Å². The molecule has 1 aliphatic heterocycles. The van der Waals surface area contributed by atoms with E-state index in [1.807, 2.05) is 18.2 Å². The number of fused-ring (bicyclic) bond motifs is 1. The van der Waals surface area contributed by atoms with Crippen LogP contribution in [0.1, 0.15) is 5.56 Å². The predicted molar refractivity (Wildman–Crippen MR) is 77.1 cm³/mol. The predicted octanol–water partition coefficient (Wildman–Crippen LogP) is 2.22. The Bertz CT molecular complexity index is 605. The maximum absolute atomic E-state index is 5.74. The summed E-state index contributed by atoms with van der Waals surface area (Å²) >= 11 is 3.47. The van der Waals surface area contributed by atoms with E-state index in [0.717, 1.165) is 34.7 Å². The largest absolute Gasteiger partial charge is 0.491 e. The van der Waals surface area contributed by atoms with Gasteiger partial charge in [0, 0.05) is 18.3 Å². The van der Waals surface area contributed by atoms with Gasteiger partial charge in [-0.05, 0) is 22.0 Å². The molecule has 1 aromatic heterocycles. The maximum Gasteiger partial charge on any atom is 0.222 e. The SMILES string of the molecule is Nc1ncc(Br)c(N2CCOc3ccccc3C2)n1. The van der Waals surface area contributed by atoms with Gasteiger partial charge in [0.2, 0.25) is 5.95 Å². The number of ether oxygens (including phenoxy) is 1. The number of nitrogen functional groups attached to an aromatic ring is 1. The fourth-order valence-corrected chi connectivity index (χ4v) is 2.54. The first-order valence-corrected chi connectivity index (χ1v) is 6.77. The van der Waals surface area contributed by atoms with Gasteiger partial charge in [-0.1, -0.05) is 18.2 Å². The summed E-state index contributed by atoms with van der Waals surface area (Å²) in [6.45, 7) is 2.11. The van der Waals surface area contributed by atoms with Gasteiger partial charge in [0.25, 0.3) is 0 Å². The van der Waals surface area contributed by atoms with E-state index in [0.29, 0.717) is 6.61 Å². The smallest absolute Gasteiger partial charge is 0.222 e. The van der Waals surface area contributed by atoms with Crippen LogP contribution in [0.3, 0.4) is 0 Å². The minimum atomic E-state index is 0.275. The third-order valence-corrected chi connectivity index (χ3v) is 3.56. The van der Waals surface area contributed by atoms with Crippen molar-refractivity contribution in [3.8, 4) is 5.75 Å². The van der Waals surface area contributed by atoms with Gasteiger partial charge in [0.15, 0.2) is 0 Å². The third kappa shape index (κ3) is 2.49. The highest BCUT2D eigenvalue weighted by atomic mass is 79.9. The summed E-state index contributed by atoms with van der Waals surface area (Å²) in [6, 6.07) is 8.04. The van der Waals surface area contributed by atoms with Gasteiger partial charge in [0.1, 0.15) is 18.2 Å². The van der Waals surface area contributed by atoms with Gasteiger partial charge in [0.05, 0.1) is 11.0 Å². The standard InChI is InChI=1S/C13H13BrN4O/c14-10-7-16-13(15)17-12(10)18-5-6-19-11-4-2-1-3-9(11)8-18/h1-4,7H,5-6,8H2,(H2,15,16,17). The third-order valence-electron chi connectivity index (χ3n) is 3.00. The van der Waals surface area contributed by atoms with Crippen LogP contribution < -0.4 is 15.4 Å². The Balaban J connectivity index is 1.96. The van der Waals surface area contributed by atoms with Gasteiger partial charge >= 0.3 is 0 Å². The summed E-state index contributed by atoms with van der Waals surface area (Å²) < 4.78 is 6.57. The Labute approximate surface area is 119 Å². The summed E-state index contributed by atoms with van der Waals surface area (Å²) in [6.07, 6.45) is 1.68. The fraction of sp³-hybridized carbons (Fsp3) is 0.231. The Morgan fingerprint density at radius 1 is 1.32 bits per heavy atom. The molecule has 98 valence electrons. The van der Waals surface area contributed by atoms with E-state index >= 15 is 0 Å². The van der Waals surface area contributed by atoms with E-state index in [1.165, 1.54) is 0 Å². The summed E-state index contributed by atoms with van der Waals surface area (Å²) in [5.74, 6) is 2.01. The van der Waals surface area contributed by atoms with Gasteiger partial charge in [-0.3, -0.25) is 0 Å². The first-order chi connectivity index (χ1) is 9.24. The number of aromatic nitrogens is 2. The molecule has 0 amide bonds. The molecule has 5 nitrogen and oxygen atoms in total. The molecule has 0 bridgehead atoms. The number of nitrogens with two attached hydrogens (primary N) is 1. The minimum Gasteiger partial charge on any atom is -0.491 e. The average Bonchev–Trinajstić information content (AvgIpc) is 2.63. The van der Waals surface area contributed by atoms with Crippen LogP contribution >= 0.6 is 15.9 Å². The first kappa shape index (κ1) is 12.2. The molecule has 0 unspecified atom stereocenters. The van der Waals surface area contributed by atoms with Gasteiger partial charge in [-0.2, -0.15) is 4.98 Å². The van der Waals surface area contributed by atoms with Crippen LogP contribution in [-0.2, 0) is 6.54 Å². The highest BCUT2D eigenvalue weighted by Crippen LogP contribution is 2.29. The molecular weight excluding hydrogens is 308 g/mol. The number of hydrogen-bond donors (Lipinski definition) is 1. The van der Waals surface area contributed by atoms with Crippen molar-refractivity contribution in [2.24, 2.45) is 0 Å². The lowest BCUT2D eigenvalue weighted by Gasteiger charge is -2.21. The summed E-state index contributed by atoms with van der Waals surface area (Å²) in [7, 11) is 0. The molecule has 0 saturated heterocycles. The zero-order valence-electron chi connectivity index (χ0n) is 10.2. The second kappa shape index (κ2) is 5.05. The molecule has 0 radical (unpaired) electrons. The first-order valence-electron chi connectivity index (χ1n) is 5.98. The van der Waals surface area contributed by atoms with Crippen LogP contribution in [0.4, 0.5) is 11.8 Å². The summed E-state index contributed by atoms with van der Waals surface area (Å²) in [5, 5.41) is 0. The monoisotopic (exact) mass is 320 g/mol. The van der Waals surface area contributed by atoms with Crippen molar-refractivity contribution in [2.75, 3.05) is 23.8 Å². The molecule has 1 aliphatic rings. The van der Waals surface area contributed by atoms with Gasteiger partial charge in [-0.15, -0.1) is 0 Å². The van der Waals surface area contributed by atoms with Gasteiger partial charge in [-0.25, -0.2) is 4.98 Å². The molecule has 6 heteroatoms. The Hall–Kier alpha value is -1.82. The Morgan fingerprint density at radius 2 is 2.16 bits per heavy atom. The second-order valence-electron chi connectivity index (χ2n) is 4.28. The van der Waals surface area contributed by atoms with Crippen molar-refractivity contribution in [3.05, 3.63) is 40.5 Å². The van der Waals surface area contributed by atoms with Crippen molar-refractivity contribution in [3.63, 3.8) is 0 Å². The summed E-state index contributed by atoms with van der Waals surface area (Å²) in [4.78, 5) is 10.4. The Morgan fingerprint density at radius 3 is 3.05 bits per heavy atom. The van der Waals surface area contributed by atoms with Crippen LogP contribution in [0.5, 0.6) is 5.75 Å². The lowest BCUT2D eigenvalue weighted by atomic mass is 10.2. The number of benzene rings is 1. The molecule has 3 rings (SSSR count). The molecule has 0 fully saturated rings. The fourth-order valence-electron chi connectivity index (χ4n) is 2.10. The molecule has 2 aromatic rings. The van der Waals surface area contributed by atoms with Crippen molar-refractivity contribution < 1.29 is 4.74 Å². The molecule has 0 atom stereocenters. The van der Waals surface area contributed by atoms with Crippen LogP contribution in [0.2, 0.25) is 0 Å². The normalized spacial score (nSPS) is 14.5. The average molecular weight is 321 g/mol. The molecule has 0 spiro atoms. The zero-order chi connectivity index (χ0) is 13.2. The number of rotatable bonds is 1. The van der Waals surface area contributed by atoms with Crippen molar-refractivity contribution in [1.29, 1.82) is 0 Å². The van der Waals surface area contributed by atoms with Crippen LogP contribution in [0.25, 0.3) is 0 Å². The molecule has 0 saturated carbocycles. The minimum absolute atomic E-state index is 0.275. The molecule has 1 aromatic carbocycles. The van der Waals surface area contributed by atoms with E-state index in [-0.39, 0.29) is 5.95 Å². The number of para-hydroxylation sites is 1. The van der Waals surface area contributed by atoms with Gasteiger partial charge < -0.3 is 15.4 Å².